The molecular weight excluding hydrogens is 372 g/mol. The lowest BCUT2D eigenvalue weighted by Crippen LogP contribution is -2.63. The van der Waals surface area contributed by atoms with Gasteiger partial charge in [0.1, 0.15) is 0 Å². The molecule has 3 rings (SSSR count). The summed E-state index contributed by atoms with van der Waals surface area (Å²) in [6.45, 7) is 4.80. The number of thioether (sulfide) groups is 1. The Kier molecular flexibility index (Phi) is 6.02. The van der Waals surface area contributed by atoms with Crippen molar-refractivity contribution < 1.29 is 24.5 Å². The molecule has 2 saturated heterocycles. The minimum atomic E-state index is -1.45. The molecule has 7 atom stereocenters. The van der Waals surface area contributed by atoms with Crippen LogP contribution in [0.2, 0.25) is 0 Å². The van der Waals surface area contributed by atoms with Crippen LogP contribution in [0.25, 0.3) is 0 Å². The Morgan fingerprint density at radius 1 is 1.52 bits per heavy atom. The van der Waals surface area contributed by atoms with Crippen LogP contribution in [0.5, 0.6) is 0 Å². The van der Waals surface area contributed by atoms with E-state index in [0.717, 1.165) is 24.3 Å². The summed E-state index contributed by atoms with van der Waals surface area (Å²) in [5, 5.41) is 22.6. The first-order chi connectivity index (χ1) is 12.8. The molecule has 0 spiro atoms. The lowest BCUT2D eigenvalue weighted by Gasteiger charge is -2.45. The molecule has 3 aliphatic heterocycles. The Morgan fingerprint density at radius 3 is 2.81 bits per heavy atom. The molecule has 3 aliphatic rings. The molecule has 2 fully saturated rings. The number of carbonyl (C=O) groups is 2. The van der Waals surface area contributed by atoms with Gasteiger partial charge in [0, 0.05) is 29.8 Å². The highest BCUT2D eigenvalue weighted by atomic mass is 32.2. The van der Waals surface area contributed by atoms with Gasteiger partial charge >= 0.3 is 6.16 Å². The Labute approximate surface area is 162 Å². The predicted octanol–water partition coefficient (Wildman–Crippen LogP) is -0.153. The summed E-state index contributed by atoms with van der Waals surface area (Å²) in [6, 6.07) is -0.124. The van der Waals surface area contributed by atoms with Crippen molar-refractivity contribution in [2.24, 2.45) is 23.3 Å². The number of aliphatic hydroxyl groups excluding tert-OH is 1. The van der Waals surface area contributed by atoms with Crippen molar-refractivity contribution in [3.63, 3.8) is 0 Å². The fourth-order valence-corrected chi connectivity index (χ4v) is 5.76. The third-order valence-electron chi connectivity index (χ3n) is 5.68. The number of amides is 1. The maximum atomic E-state index is 12.4. The monoisotopic (exact) mass is 400 g/mol. The van der Waals surface area contributed by atoms with Crippen molar-refractivity contribution in [3.8, 4) is 0 Å². The van der Waals surface area contributed by atoms with Crippen LogP contribution >= 0.6 is 11.8 Å². The van der Waals surface area contributed by atoms with E-state index in [4.69, 9.17) is 21.3 Å². The number of nitrogens with two attached hydrogens (primary N) is 2. The highest BCUT2D eigenvalue weighted by Crippen LogP contribution is 2.52. The summed E-state index contributed by atoms with van der Waals surface area (Å²) < 4.78 is 4.99. The van der Waals surface area contributed by atoms with Crippen LogP contribution in [0.3, 0.4) is 0 Å². The number of nitrogens with zero attached hydrogens (tertiary/aromatic N) is 1. The molecule has 7 N–H and O–H groups in total. The summed E-state index contributed by atoms with van der Waals surface area (Å²) in [5.41, 5.74) is 11.7. The fraction of sp³-hybridized carbons (Fsp3) is 0.765. The number of β-lactam (4-membered cyclic amide) rings is 1. The molecule has 0 aromatic heterocycles. The second-order valence-electron chi connectivity index (χ2n) is 7.52. The molecule has 0 radical (unpaired) electrons. The van der Waals surface area contributed by atoms with Crippen LogP contribution in [0, 0.1) is 11.8 Å². The average molecular weight is 401 g/mol. The van der Waals surface area contributed by atoms with E-state index in [-0.39, 0.29) is 41.1 Å². The molecule has 152 valence electrons. The van der Waals surface area contributed by atoms with Crippen LogP contribution in [0.4, 0.5) is 4.79 Å². The van der Waals surface area contributed by atoms with Gasteiger partial charge in [0.15, 0.2) is 0 Å². The van der Waals surface area contributed by atoms with Crippen molar-refractivity contribution >= 4 is 23.8 Å². The van der Waals surface area contributed by atoms with Gasteiger partial charge in [-0.05, 0) is 26.3 Å². The number of carboxylic acid groups (broad SMARTS) is 1. The van der Waals surface area contributed by atoms with Gasteiger partial charge in [-0.15, -0.1) is 11.8 Å². The molecule has 0 aromatic rings. The summed E-state index contributed by atoms with van der Waals surface area (Å²) in [6.07, 6.45) is -0.664. The summed E-state index contributed by atoms with van der Waals surface area (Å²) in [5.74, 6) is -0.820. The van der Waals surface area contributed by atoms with Gasteiger partial charge in [0.25, 0.3) is 0 Å². The minimum Gasteiger partial charge on any atom is -0.449 e. The highest BCUT2D eigenvalue weighted by Gasteiger charge is 2.60. The van der Waals surface area contributed by atoms with Gasteiger partial charge in [-0.2, -0.15) is 0 Å². The first-order valence-electron chi connectivity index (χ1n) is 9.28. The Bertz CT molecular complexity index is 643. The molecule has 3 heterocycles. The van der Waals surface area contributed by atoms with Gasteiger partial charge in [-0.1, -0.05) is 6.92 Å². The quantitative estimate of drug-likeness (QED) is 0.290. The number of ether oxygens (including phenoxy) is 1. The van der Waals surface area contributed by atoms with Gasteiger partial charge in [-0.3, -0.25) is 9.69 Å². The molecule has 9 nitrogen and oxygen atoms in total. The van der Waals surface area contributed by atoms with Gasteiger partial charge < -0.3 is 31.7 Å². The van der Waals surface area contributed by atoms with E-state index in [0.29, 0.717) is 6.54 Å². The number of carbonyl (C=O) groups excluding carboxylic acids is 1. The third-order valence-corrected chi connectivity index (χ3v) is 7.18. The standard InChI is InChI=1S/C17H28N4O5S/c1-7-13-12(8(2)22)15(23)21(13)16(26-17(24)25)14(7)27-9-5-11(20-6-9)10(19)3-4-18/h7-13,20,22H,3-6,18-19H2,1-2H3,(H,24,25)/t7-,8-,9+,10?,11+,12-,13-/m1/s1. The van der Waals surface area contributed by atoms with Crippen molar-refractivity contribution in [1.82, 2.24) is 10.2 Å². The van der Waals surface area contributed by atoms with E-state index in [1.807, 2.05) is 6.92 Å². The Morgan fingerprint density at radius 2 is 2.22 bits per heavy atom. The van der Waals surface area contributed by atoms with Gasteiger partial charge in [-0.25, -0.2) is 4.79 Å². The third kappa shape index (κ3) is 3.68. The zero-order chi connectivity index (χ0) is 19.9. The summed E-state index contributed by atoms with van der Waals surface area (Å²) in [7, 11) is 0. The normalized spacial score (nSPS) is 35.1. The van der Waals surface area contributed by atoms with E-state index in [1.165, 1.54) is 4.90 Å². The highest BCUT2D eigenvalue weighted by molar-refractivity contribution is 8.03. The number of aliphatic hydroxyl groups is 1. The SMILES string of the molecule is C[C@@H](O)[C@H]1C(=O)N2C(OC(=O)O)=C(S[C@@H]3CN[C@H](C(N)CCN)C3)[C@H](C)[C@H]12. The van der Waals surface area contributed by atoms with Crippen LogP contribution in [-0.4, -0.2) is 69.7 Å². The molecule has 0 aromatic carbocycles. The molecule has 0 bridgehead atoms. The zero-order valence-electron chi connectivity index (χ0n) is 15.5. The molecular formula is C17H28N4O5S. The molecule has 1 amide bonds. The minimum absolute atomic E-state index is 0.0218. The summed E-state index contributed by atoms with van der Waals surface area (Å²) in [4.78, 5) is 25.7. The van der Waals surface area contributed by atoms with Crippen LogP contribution in [0.15, 0.2) is 10.8 Å². The average Bonchev–Trinajstić information content (AvgIpc) is 3.11. The number of fused-ring (bicyclic) bond motifs is 1. The van der Waals surface area contributed by atoms with Crippen LogP contribution in [0.1, 0.15) is 26.7 Å². The number of nitrogens with one attached hydrogen (secondary N) is 1. The van der Waals surface area contributed by atoms with E-state index < -0.39 is 18.2 Å². The van der Waals surface area contributed by atoms with E-state index in [1.54, 1.807) is 18.7 Å². The molecule has 27 heavy (non-hydrogen) atoms. The summed E-state index contributed by atoms with van der Waals surface area (Å²) >= 11 is 1.54. The fourth-order valence-electron chi connectivity index (χ4n) is 4.32. The van der Waals surface area contributed by atoms with Gasteiger partial charge in [0.05, 0.1) is 23.0 Å². The Hall–Kier alpha value is -1.33. The topological polar surface area (TPSA) is 151 Å². The maximum Gasteiger partial charge on any atom is 0.512 e. The molecule has 1 unspecified atom stereocenters. The van der Waals surface area contributed by atoms with E-state index in [9.17, 15) is 14.7 Å². The first kappa shape index (κ1) is 20.4. The first-order valence-corrected chi connectivity index (χ1v) is 10.2. The zero-order valence-corrected chi connectivity index (χ0v) is 16.3. The van der Waals surface area contributed by atoms with E-state index in [2.05, 4.69) is 5.32 Å². The molecule has 0 aliphatic carbocycles. The van der Waals surface area contributed by atoms with Crippen LogP contribution in [-0.2, 0) is 9.53 Å². The predicted molar refractivity (Wildman–Crippen MR) is 101 cm³/mol. The number of hydrogen-bond acceptors (Lipinski definition) is 8. The number of rotatable bonds is 7. The molecule has 10 heteroatoms. The van der Waals surface area contributed by atoms with Crippen molar-refractivity contribution in [3.05, 3.63) is 10.8 Å². The molecule has 0 saturated carbocycles. The van der Waals surface area contributed by atoms with Gasteiger partial charge in [0.2, 0.25) is 11.8 Å². The Balaban J connectivity index is 1.75. The van der Waals surface area contributed by atoms with Crippen LogP contribution < -0.4 is 16.8 Å². The van der Waals surface area contributed by atoms with E-state index >= 15 is 0 Å². The van der Waals surface area contributed by atoms with Crippen molar-refractivity contribution in [1.29, 1.82) is 0 Å². The lowest BCUT2D eigenvalue weighted by atomic mass is 9.79. The maximum absolute atomic E-state index is 12.4. The van der Waals surface area contributed by atoms with Crippen molar-refractivity contribution in [2.45, 2.75) is 56.2 Å². The lowest BCUT2D eigenvalue weighted by molar-refractivity contribution is -0.163. The second kappa shape index (κ2) is 7.96. The van der Waals surface area contributed by atoms with Crippen molar-refractivity contribution in [2.75, 3.05) is 13.1 Å². The number of hydrogen-bond donors (Lipinski definition) is 5. The smallest absolute Gasteiger partial charge is 0.449 e. The second-order valence-corrected chi connectivity index (χ2v) is 8.86. The largest absolute Gasteiger partial charge is 0.512 e.